The second-order valence-corrected chi connectivity index (χ2v) is 4.98. The topological polar surface area (TPSA) is 25.2 Å². The summed E-state index contributed by atoms with van der Waals surface area (Å²) in [5.41, 5.74) is 1.96. The molecule has 17 heavy (non-hydrogen) atoms. The van der Waals surface area contributed by atoms with Gasteiger partial charge in [-0.2, -0.15) is 0 Å². The molecule has 0 radical (unpaired) electrons. The molecule has 0 aliphatic carbocycles. The molecule has 3 heteroatoms. The Bertz CT molecular complexity index is 387. The van der Waals surface area contributed by atoms with Crippen LogP contribution < -0.4 is 0 Å². The number of likely N-dealkylation sites (tertiary alicyclic amines) is 1. The van der Waals surface area contributed by atoms with Crippen molar-refractivity contribution in [3.05, 3.63) is 23.5 Å². The number of aromatic nitrogens is 1. The first kappa shape index (κ1) is 12.2. The predicted octanol–water partition coefficient (Wildman–Crippen LogP) is 2.74. The fourth-order valence-corrected chi connectivity index (χ4v) is 2.44. The molecule has 2 heterocycles. The highest BCUT2D eigenvalue weighted by Gasteiger charge is 2.19. The van der Waals surface area contributed by atoms with E-state index in [-0.39, 0.29) is 5.91 Å². The summed E-state index contributed by atoms with van der Waals surface area (Å²) < 4.78 is 1.99. The van der Waals surface area contributed by atoms with Gasteiger partial charge in [-0.15, -0.1) is 0 Å². The highest BCUT2D eigenvalue weighted by Crippen LogP contribution is 2.14. The Hall–Kier alpha value is -1.25. The van der Waals surface area contributed by atoms with E-state index in [1.807, 2.05) is 35.6 Å². The first-order chi connectivity index (χ1) is 8.20. The quantitative estimate of drug-likeness (QED) is 0.733. The number of carbonyl (C=O) groups is 1. The molecule has 3 nitrogen and oxygen atoms in total. The first-order valence-corrected chi connectivity index (χ1v) is 6.62. The van der Waals surface area contributed by atoms with Crippen LogP contribution in [0.1, 0.15) is 48.3 Å². The molecule has 0 spiro atoms. The molecule has 0 atom stereocenters. The molecule has 0 unspecified atom stereocenters. The Morgan fingerprint density at radius 1 is 1.06 bits per heavy atom. The third kappa shape index (κ3) is 2.71. The Balaban J connectivity index is 2.10. The zero-order chi connectivity index (χ0) is 12.3. The van der Waals surface area contributed by atoms with Gasteiger partial charge in [0.15, 0.2) is 0 Å². The molecule has 0 bridgehead atoms. The van der Waals surface area contributed by atoms with Crippen LogP contribution in [0.3, 0.4) is 0 Å². The van der Waals surface area contributed by atoms with Gasteiger partial charge in [-0.25, -0.2) is 0 Å². The van der Waals surface area contributed by atoms with Crippen LogP contribution >= 0.6 is 0 Å². The van der Waals surface area contributed by atoms with Crippen molar-refractivity contribution in [2.24, 2.45) is 7.05 Å². The van der Waals surface area contributed by atoms with E-state index < -0.39 is 0 Å². The number of hydrogen-bond acceptors (Lipinski definition) is 1. The van der Waals surface area contributed by atoms with Crippen molar-refractivity contribution in [3.63, 3.8) is 0 Å². The predicted molar refractivity (Wildman–Crippen MR) is 69.1 cm³/mol. The first-order valence-electron chi connectivity index (χ1n) is 6.62. The maximum Gasteiger partial charge on any atom is 0.270 e. The lowest BCUT2D eigenvalue weighted by Crippen LogP contribution is -2.34. The van der Waals surface area contributed by atoms with Crippen molar-refractivity contribution < 1.29 is 4.79 Å². The zero-order valence-electron chi connectivity index (χ0n) is 10.9. The van der Waals surface area contributed by atoms with E-state index >= 15 is 0 Å². The molecule has 0 aromatic carbocycles. The third-order valence-electron chi connectivity index (χ3n) is 3.74. The van der Waals surface area contributed by atoms with Gasteiger partial charge < -0.3 is 9.47 Å². The van der Waals surface area contributed by atoms with Crippen LogP contribution in [0.5, 0.6) is 0 Å². The van der Waals surface area contributed by atoms with E-state index in [1.54, 1.807) is 0 Å². The molecular weight excluding hydrogens is 212 g/mol. The summed E-state index contributed by atoms with van der Waals surface area (Å²) >= 11 is 0. The minimum Gasteiger partial charge on any atom is -0.344 e. The highest BCUT2D eigenvalue weighted by molar-refractivity contribution is 5.93. The van der Waals surface area contributed by atoms with Crippen LogP contribution in [-0.4, -0.2) is 28.5 Å². The summed E-state index contributed by atoms with van der Waals surface area (Å²) in [6, 6.07) is 3.95. The van der Waals surface area contributed by atoms with Gasteiger partial charge in [0, 0.05) is 25.8 Å². The van der Waals surface area contributed by atoms with Gasteiger partial charge in [-0.1, -0.05) is 19.3 Å². The maximum atomic E-state index is 12.4. The average molecular weight is 234 g/mol. The van der Waals surface area contributed by atoms with E-state index in [4.69, 9.17) is 0 Å². The number of hydrogen-bond donors (Lipinski definition) is 0. The van der Waals surface area contributed by atoms with E-state index in [0.717, 1.165) is 37.3 Å². The number of nitrogens with zero attached hydrogens (tertiary/aromatic N) is 2. The summed E-state index contributed by atoms with van der Waals surface area (Å²) in [7, 11) is 1.96. The molecule has 1 aromatic rings. The molecule has 1 aromatic heterocycles. The standard InChI is InChI=1S/C14H22N2O/c1-12-8-9-13(15(12)2)14(17)16-10-6-4-3-5-7-11-16/h8-9H,3-7,10-11H2,1-2H3. The van der Waals surface area contributed by atoms with Crippen molar-refractivity contribution in [2.45, 2.75) is 39.0 Å². The van der Waals surface area contributed by atoms with Crippen LogP contribution in [0.2, 0.25) is 0 Å². The Labute approximate surface area is 103 Å². The zero-order valence-corrected chi connectivity index (χ0v) is 10.9. The van der Waals surface area contributed by atoms with Crippen LogP contribution in [0.25, 0.3) is 0 Å². The second-order valence-electron chi connectivity index (χ2n) is 4.98. The smallest absolute Gasteiger partial charge is 0.270 e. The largest absolute Gasteiger partial charge is 0.344 e. The fourth-order valence-electron chi connectivity index (χ4n) is 2.44. The number of rotatable bonds is 1. The van der Waals surface area contributed by atoms with Gasteiger partial charge in [-0.05, 0) is 31.9 Å². The maximum absolute atomic E-state index is 12.4. The van der Waals surface area contributed by atoms with Gasteiger partial charge in [-0.3, -0.25) is 4.79 Å². The molecule has 1 fully saturated rings. The van der Waals surface area contributed by atoms with E-state index in [2.05, 4.69) is 0 Å². The van der Waals surface area contributed by atoms with E-state index in [9.17, 15) is 4.79 Å². The minimum absolute atomic E-state index is 0.197. The van der Waals surface area contributed by atoms with Gasteiger partial charge >= 0.3 is 0 Å². The molecule has 0 N–H and O–H groups in total. The Kier molecular flexibility index (Phi) is 3.87. The summed E-state index contributed by atoms with van der Waals surface area (Å²) in [4.78, 5) is 14.4. The SMILES string of the molecule is Cc1ccc(C(=O)N2CCCCCCC2)n1C. The molecule has 94 valence electrons. The monoisotopic (exact) mass is 234 g/mol. The van der Waals surface area contributed by atoms with E-state index in [1.165, 1.54) is 19.3 Å². The van der Waals surface area contributed by atoms with Crippen molar-refractivity contribution in [3.8, 4) is 0 Å². The van der Waals surface area contributed by atoms with Crippen molar-refractivity contribution in [1.82, 2.24) is 9.47 Å². The second kappa shape index (κ2) is 5.39. The van der Waals surface area contributed by atoms with E-state index in [0.29, 0.717) is 0 Å². The van der Waals surface area contributed by atoms with Crippen LogP contribution in [-0.2, 0) is 7.05 Å². The Morgan fingerprint density at radius 2 is 1.65 bits per heavy atom. The van der Waals surface area contributed by atoms with Gasteiger partial charge in [0.05, 0.1) is 0 Å². The molecule has 2 rings (SSSR count). The fraction of sp³-hybridized carbons (Fsp3) is 0.643. The molecule has 0 saturated carbocycles. The lowest BCUT2D eigenvalue weighted by Gasteiger charge is -2.25. The van der Waals surface area contributed by atoms with Crippen LogP contribution in [0.15, 0.2) is 12.1 Å². The summed E-state index contributed by atoms with van der Waals surface area (Å²) in [6.07, 6.45) is 6.14. The van der Waals surface area contributed by atoms with Gasteiger partial charge in [0.2, 0.25) is 0 Å². The lowest BCUT2D eigenvalue weighted by atomic mass is 10.1. The molecular formula is C14H22N2O. The summed E-state index contributed by atoms with van der Waals surface area (Å²) in [5.74, 6) is 0.197. The number of aryl methyl sites for hydroxylation is 1. The van der Waals surface area contributed by atoms with Crippen LogP contribution in [0, 0.1) is 6.92 Å². The summed E-state index contributed by atoms with van der Waals surface area (Å²) in [6.45, 7) is 3.87. The summed E-state index contributed by atoms with van der Waals surface area (Å²) in [5, 5.41) is 0. The van der Waals surface area contributed by atoms with Gasteiger partial charge in [0.25, 0.3) is 5.91 Å². The van der Waals surface area contributed by atoms with Crippen molar-refractivity contribution >= 4 is 5.91 Å². The highest BCUT2D eigenvalue weighted by atomic mass is 16.2. The van der Waals surface area contributed by atoms with Crippen molar-refractivity contribution in [1.29, 1.82) is 0 Å². The lowest BCUT2D eigenvalue weighted by molar-refractivity contribution is 0.0732. The number of carbonyl (C=O) groups excluding carboxylic acids is 1. The molecule has 1 amide bonds. The van der Waals surface area contributed by atoms with Crippen LogP contribution in [0.4, 0.5) is 0 Å². The Morgan fingerprint density at radius 3 is 2.18 bits per heavy atom. The molecule has 1 saturated heterocycles. The molecule has 1 aliphatic rings. The molecule has 1 aliphatic heterocycles. The number of amides is 1. The van der Waals surface area contributed by atoms with Crippen molar-refractivity contribution in [2.75, 3.05) is 13.1 Å². The minimum atomic E-state index is 0.197. The third-order valence-corrected chi connectivity index (χ3v) is 3.74. The van der Waals surface area contributed by atoms with Gasteiger partial charge in [0.1, 0.15) is 5.69 Å². The average Bonchev–Trinajstić information content (AvgIpc) is 2.58. The normalized spacial score (nSPS) is 17.6.